The molecule has 4 nitrogen and oxygen atoms in total. The number of methoxy groups -OCH3 is 1. The van der Waals surface area contributed by atoms with Gasteiger partial charge in [0.15, 0.2) is 0 Å². The summed E-state index contributed by atoms with van der Waals surface area (Å²) in [5.74, 6) is 0.912. The highest BCUT2D eigenvalue weighted by atomic mass is 35.5. The largest absolute Gasteiger partial charge is 0.497 e. The summed E-state index contributed by atoms with van der Waals surface area (Å²) in [6.45, 7) is 0.679. The fraction of sp³-hybridized carbons (Fsp3) is 0.632. The Hall–Kier alpha value is -1.26. The lowest BCUT2D eigenvalue weighted by molar-refractivity contribution is -0.126. The van der Waals surface area contributed by atoms with E-state index in [4.69, 9.17) is 10.5 Å². The average molecular weight is 353 g/mol. The topological polar surface area (TPSA) is 64.3 Å². The summed E-state index contributed by atoms with van der Waals surface area (Å²) >= 11 is 0. The molecule has 24 heavy (non-hydrogen) atoms. The number of benzene rings is 1. The van der Waals surface area contributed by atoms with Gasteiger partial charge < -0.3 is 15.8 Å². The average Bonchev–Trinajstić information content (AvgIpc) is 3.23. The Morgan fingerprint density at radius 2 is 1.79 bits per heavy atom. The van der Waals surface area contributed by atoms with E-state index >= 15 is 0 Å². The molecule has 2 saturated carbocycles. The van der Waals surface area contributed by atoms with E-state index in [1.54, 1.807) is 7.11 Å². The summed E-state index contributed by atoms with van der Waals surface area (Å²) < 4.78 is 5.37. The zero-order valence-electron chi connectivity index (χ0n) is 14.5. The first kappa shape index (κ1) is 19.1. The van der Waals surface area contributed by atoms with Gasteiger partial charge in [-0.05, 0) is 43.4 Å². The summed E-state index contributed by atoms with van der Waals surface area (Å²) in [5.41, 5.74) is 6.94. The SMILES string of the molecule is COc1cccc(C2(CNC(=O)C3(N)CCCC3)CCCC2)c1.Cl. The highest BCUT2D eigenvalue weighted by Crippen LogP contribution is 2.41. The molecule has 3 rings (SSSR count). The molecule has 0 bridgehead atoms. The normalized spacial score (nSPS) is 21.1. The zero-order valence-corrected chi connectivity index (χ0v) is 15.3. The van der Waals surface area contributed by atoms with Gasteiger partial charge in [-0.2, -0.15) is 0 Å². The van der Waals surface area contributed by atoms with Crippen LogP contribution in [0, 0.1) is 0 Å². The molecule has 3 N–H and O–H groups in total. The molecule has 0 atom stereocenters. The number of hydrogen-bond acceptors (Lipinski definition) is 3. The summed E-state index contributed by atoms with van der Waals surface area (Å²) in [6.07, 6.45) is 8.38. The molecule has 0 aromatic heterocycles. The monoisotopic (exact) mass is 352 g/mol. The number of hydrogen-bond donors (Lipinski definition) is 2. The number of ether oxygens (including phenoxy) is 1. The first-order valence-corrected chi connectivity index (χ1v) is 8.80. The van der Waals surface area contributed by atoms with Gasteiger partial charge in [0.05, 0.1) is 12.6 Å². The molecular formula is C19H29ClN2O2. The second kappa shape index (κ2) is 7.75. The molecule has 0 aliphatic heterocycles. The van der Waals surface area contributed by atoms with Gasteiger partial charge in [0.1, 0.15) is 5.75 Å². The van der Waals surface area contributed by atoms with Gasteiger partial charge in [-0.25, -0.2) is 0 Å². The zero-order chi connectivity index (χ0) is 16.3. The smallest absolute Gasteiger partial charge is 0.240 e. The summed E-state index contributed by atoms with van der Waals surface area (Å²) in [7, 11) is 1.69. The van der Waals surface area contributed by atoms with Crippen molar-refractivity contribution in [1.29, 1.82) is 0 Å². The van der Waals surface area contributed by atoms with E-state index in [-0.39, 0.29) is 23.7 Å². The van der Waals surface area contributed by atoms with E-state index in [9.17, 15) is 4.79 Å². The van der Waals surface area contributed by atoms with Gasteiger partial charge in [0.25, 0.3) is 0 Å². The Bertz CT molecular complexity index is 564. The van der Waals surface area contributed by atoms with Crippen LogP contribution in [0.5, 0.6) is 5.75 Å². The highest BCUT2D eigenvalue weighted by Gasteiger charge is 2.40. The third-order valence-corrected chi connectivity index (χ3v) is 5.78. The maximum absolute atomic E-state index is 12.6. The van der Waals surface area contributed by atoms with Gasteiger partial charge >= 0.3 is 0 Å². The van der Waals surface area contributed by atoms with E-state index < -0.39 is 5.54 Å². The first-order chi connectivity index (χ1) is 11.1. The molecule has 2 aliphatic rings. The number of nitrogens with two attached hydrogens (primary N) is 1. The van der Waals surface area contributed by atoms with Crippen LogP contribution < -0.4 is 15.8 Å². The molecule has 1 aromatic rings. The maximum Gasteiger partial charge on any atom is 0.240 e. The van der Waals surface area contributed by atoms with Crippen LogP contribution in [0.2, 0.25) is 0 Å². The minimum absolute atomic E-state index is 0. The predicted molar refractivity (Wildman–Crippen MR) is 98.8 cm³/mol. The summed E-state index contributed by atoms with van der Waals surface area (Å²) in [5, 5.41) is 3.18. The molecule has 2 aliphatic carbocycles. The molecule has 1 aromatic carbocycles. The van der Waals surface area contributed by atoms with Gasteiger partial charge in [0, 0.05) is 12.0 Å². The van der Waals surface area contributed by atoms with Crippen LogP contribution >= 0.6 is 12.4 Å². The van der Waals surface area contributed by atoms with Crippen LogP contribution in [0.1, 0.15) is 56.9 Å². The third-order valence-electron chi connectivity index (χ3n) is 5.78. The van der Waals surface area contributed by atoms with Crippen LogP contribution in [0.4, 0.5) is 0 Å². The third kappa shape index (κ3) is 3.70. The molecule has 0 heterocycles. The van der Waals surface area contributed by atoms with Crippen LogP contribution in [0.3, 0.4) is 0 Å². The van der Waals surface area contributed by atoms with E-state index in [1.165, 1.54) is 18.4 Å². The molecular weight excluding hydrogens is 324 g/mol. The fourth-order valence-corrected chi connectivity index (χ4v) is 4.23. The number of nitrogens with one attached hydrogen (secondary N) is 1. The standard InChI is InChI=1S/C19H28N2O2.ClH/c1-23-16-8-6-7-15(13-16)18(9-2-3-10-18)14-21-17(22)19(20)11-4-5-12-19;/h6-8,13H,2-5,9-12,14,20H2,1H3,(H,21,22);1H. The number of amides is 1. The van der Waals surface area contributed by atoms with Crippen molar-refractivity contribution >= 4 is 18.3 Å². The van der Waals surface area contributed by atoms with Crippen molar-refractivity contribution in [1.82, 2.24) is 5.32 Å². The fourth-order valence-electron chi connectivity index (χ4n) is 4.23. The Balaban J connectivity index is 0.00000208. The van der Waals surface area contributed by atoms with Gasteiger partial charge in [-0.3, -0.25) is 4.79 Å². The number of rotatable bonds is 5. The molecule has 0 spiro atoms. The van der Waals surface area contributed by atoms with Gasteiger partial charge in [-0.15, -0.1) is 12.4 Å². The van der Waals surface area contributed by atoms with Crippen molar-refractivity contribution in [2.45, 2.75) is 62.3 Å². The Labute approximate surface area is 150 Å². The van der Waals surface area contributed by atoms with E-state index in [0.29, 0.717) is 6.54 Å². The van der Waals surface area contributed by atoms with Crippen molar-refractivity contribution in [3.05, 3.63) is 29.8 Å². The van der Waals surface area contributed by atoms with Crippen LogP contribution in [-0.2, 0) is 10.2 Å². The molecule has 0 radical (unpaired) electrons. The Morgan fingerprint density at radius 3 is 2.42 bits per heavy atom. The predicted octanol–water partition coefficient (Wildman–Crippen LogP) is 3.32. The lowest BCUT2D eigenvalue weighted by Gasteiger charge is -2.32. The van der Waals surface area contributed by atoms with E-state index in [0.717, 1.165) is 44.3 Å². The molecule has 5 heteroatoms. The van der Waals surface area contributed by atoms with Crippen molar-refractivity contribution in [3.63, 3.8) is 0 Å². The van der Waals surface area contributed by atoms with Crippen LogP contribution in [0.15, 0.2) is 24.3 Å². The second-order valence-corrected chi connectivity index (χ2v) is 7.27. The quantitative estimate of drug-likeness (QED) is 0.854. The van der Waals surface area contributed by atoms with Gasteiger partial charge in [0.2, 0.25) is 5.91 Å². The Kier molecular flexibility index (Phi) is 6.16. The van der Waals surface area contributed by atoms with Crippen LogP contribution in [0.25, 0.3) is 0 Å². The van der Waals surface area contributed by atoms with Gasteiger partial charge in [-0.1, -0.05) is 37.8 Å². The first-order valence-electron chi connectivity index (χ1n) is 8.80. The molecule has 2 fully saturated rings. The second-order valence-electron chi connectivity index (χ2n) is 7.27. The number of carbonyl (C=O) groups is 1. The highest BCUT2D eigenvalue weighted by molar-refractivity contribution is 5.86. The van der Waals surface area contributed by atoms with E-state index in [2.05, 4.69) is 17.4 Å². The number of halogens is 1. The van der Waals surface area contributed by atoms with E-state index in [1.807, 2.05) is 12.1 Å². The molecule has 0 saturated heterocycles. The van der Waals surface area contributed by atoms with Crippen molar-refractivity contribution < 1.29 is 9.53 Å². The minimum Gasteiger partial charge on any atom is -0.497 e. The lowest BCUT2D eigenvalue weighted by atomic mass is 9.78. The summed E-state index contributed by atoms with van der Waals surface area (Å²) in [6, 6.07) is 8.29. The molecule has 0 unspecified atom stereocenters. The lowest BCUT2D eigenvalue weighted by Crippen LogP contribution is -2.54. The maximum atomic E-state index is 12.6. The van der Waals surface area contributed by atoms with Crippen LogP contribution in [-0.4, -0.2) is 25.1 Å². The Morgan fingerprint density at radius 1 is 1.17 bits per heavy atom. The number of carbonyl (C=O) groups excluding carboxylic acids is 1. The minimum atomic E-state index is -0.645. The van der Waals surface area contributed by atoms with Crippen molar-refractivity contribution in [2.24, 2.45) is 5.73 Å². The van der Waals surface area contributed by atoms with Crippen molar-refractivity contribution in [2.75, 3.05) is 13.7 Å². The molecule has 134 valence electrons. The summed E-state index contributed by atoms with van der Waals surface area (Å²) in [4.78, 5) is 12.6. The molecule has 1 amide bonds. The van der Waals surface area contributed by atoms with Crippen molar-refractivity contribution in [3.8, 4) is 5.75 Å².